The van der Waals surface area contributed by atoms with Crippen LogP contribution in [0.3, 0.4) is 0 Å². The highest BCUT2D eigenvalue weighted by atomic mass is 14.3. The average molecular weight is 260 g/mol. The third kappa shape index (κ3) is 1.67. The van der Waals surface area contributed by atoms with Gasteiger partial charge >= 0.3 is 0 Å². The van der Waals surface area contributed by atoms with Crippen molar-refractivity contribution in [3.05, 3.63) is 63.7 Å². The summed E-state index contributed by atoms with van der Waals surface area (Å²) in [5.41, 5.74) is 12.2. The summed E-state index contributed by atoms with van der Waals surface area (Å²) >= 11 is 0. The van der Waals surface area contributed by atoms with Gasteiger partial charge in [-0.2, -0.15) is 0 Å². The predicted molar refractivity (Wildman–Crippen MR) is 86.0 cm³/mol. The van der Waals surface area contributed by atoms with E-state index in [4.69, 9.17) is 0 Å². The zero-order valence-corrected chi connectivity index (χ0v) is 12.3. The molecule has 2 aliphatic rings. The first-order chi connectivity index (χ1) is 9.74. The number of hydrogen-bond donors (Lipinski definition) is 0. The van der Waals surface area contributed by atoms with Gasteiger partial charge in [0.1, 0.15) is 0 Å². The normalized spacial score (nSPS) is 16.0. The number of aryl methyl sites for hydroxylation is 2. The van der Waals surface area contributed by atoms with Gasteiger partial charge in [0.2, 0.25) is 0 Å². The maximum atomic E-state index is 2.45. The van der Waals surface area contributed by atoms with Crippen molar-refractivity contribution in [1.82, 2.24) is 0 Å². The number of benzene rings is 2. The van der Waals surface area contributed by atoms with Crippen LogP contribution in [-0.2, 0) is 19.3 Å². The highest BCUT2D eigenvalue weighted by molar-refractivity contribution is 5.82. The van der Waals surface area contributed by atoms with Gasteiger partial charge in [-0.25, -0.2) is 0 Å². The summed E-state index contributed by atoms with van der Waals surface area (Å²) in [4.78, 5) is 0. The van der Waals surface area contributed by atoms with Crippen molar-refractivity contribution in [2.45, 2.75) is 39.5 Å². The highest BCUT2D eigenvalue weighted by Gasteiger charge is 2.24. The highest BCUT2D eigenvalue weighted by Crippen LogP contribution is 2.42. The van der Waals surface area contributed by atoms with Crippen molar-refractivity contribution in [1.29, 1.82) is 0 Å². The minimum Gasteiger partial charge on any atom is -0.0683 e. The molecule has 0 aromatic heterocycles. The minimum atomic E-state index is 1.13. The Morgan fingerprint density at radius 1 is 0.950 bits per heavy atom. The molecule has 0 saturated carbocycles. The van der Waals surface area contributed by atoms with E-state index in [-0.39, 0.29) is 0 Å². The number of hydrogen-bond acceptors (Lipinski definition) is 0. The molecular weight excluding hydrogens is 240 g/mol. The predicted octanol–water partition coefficient (Wildman–Crippen LogP) is 5.11. The molecule has 0 fully saturated rings. The number of allylic oxidation sites excluding steroid dienone is 1. The molecule has 0 amide bonds. The lowest BCUT2D eigenvalue weighted by molar-refractivity contribution is 0.912. The van der Waals surface area contributed by atoms with Gasteiger partial charge < -0.3 is 0 Å². The summed E-state index contributed by atoms with van der Waals surface area (Å²) in [6.07, 6.45) is 7.35. The second-order valence-corrected chi connectivity index (χ2v) is 6.29. The first-order valence-electron chi connectivity index (χ1n) is 7.65. The smallest absolute Gasteiger partial charge is 0.00543 e. The van der Waals surface area contributed by atoms with Crippen LogP contribution >= 0.6 is 0 Å². The molecule has 20 heavy (non-hydrogen) atoms. The van der Waals surface area contributed by atoms with Gasteiger partial charge in [0, 0.05) is 0 Å². The van der Waals surface area contributed by atoms with E-state index in [1.54, 1.807) is 22.3 Å². The second kappa shape index (κ2) is 4.34. The summed E-state index contributed by atoms with van der Waals surface area (Å²) in [6.45, 7) is 4.50. The SMILES string of the molecule is CC1=Cc2cc3c(c(-c4ccccc4C)c2C1)CCC3. The molecule has 2 aliphatic carbocycles. The van der Waals surface area contributed by atoms with Gasteiger partial charge in [-0.15, -0.1) is 0 Å². The molecule has 0 unspecified atom stereocenters. The van der Waals surface area contributed by atoms with Gasteiger partial charge in [0.05, 0.1) is 0 Å². The van der Waals surface area contributed by atoms with E-state index >= 15 is 0 Å². The van der Waals surface area contributed by atoms with Crippen molar-refractivity contribution in [3.63, 3.8) is 0 Å². The van der Waals surface area contributed by atoms with Gasteiger partial charge in [0.25, 0.3) is 0 Å². The third-order valence-electron chi connectivity index (χ3n) is 4.81. The summed E-state index contributed by atoms with van der Waals surface area (Å²) < 4.78 is 0. The van der Waals surface area contributed by atoms with Crippen molar-refractivity contribution in [2.75, 3.05) is 0 Å². The Balaban J connectivity index is 2.04. The van der Waals surface area contributed by atoms with E-state index in [0.717, 1.165) is 6.42 Å². The third-order valence-corrected chi connectivity index (χ3v) is 4.81. The van der Waals surface area contributed by atoms with Crippen LogP contribution in [0.15, 0.2) is 35.9 Å². The topological polar surface area (TPSA) is 0 Å². The zero-order valence-electron chi connectivity index (χ0n) is 12.3. The lowest BCUT2D eigenvalue weighted by Gasteiger charge is -2.17. The van der Waals surface area contributed by atoms with E-state index in [2.05, 4.69) is 50.3 Å². The van der Waals surface area contributed by atoms with Gasteiger partial charge in [-0.05, 0) is 78.5 Å². The Kier molecular flexibility index (Phi) is 2.60. The first kappa shape index (κ1) is 12.0. The largest absolute Gasteiger partial charge is 0.0683 e. The van der Waals surface area contributed by atoms with E-state index < -0.39 is 0 Å². The van der Waals surface area contributed by atoms with Crippen LogP contribution in [0, 0.1) is 6.92 Å². The molecule has 0 N–H and O–H groups in total. The molecule has 2 aromatic rings. The van der Waals surface area contributed by atoms with Crippen LogP contribution in [0.1, 0.15) is 41.2 Å². The van der Waals surface area contributed by atoms with E-state index in [1.807, 2.05) is 0 Å². The van der Waals surface area contributed by atoms with Crippen LogP contribution in [0.2, 0.25) is 0 Å². The fourth-order valence-corrected chi connectivity index (χ4v) is 3.91. The molecular formula is C20H20. The summed E-state index contributed by atoms with van der Waals surface area (Å²) in [5.74, 6) is 0. The van der Waals surface area contributed by atoms with Crippen LogP contribution < -0.4 is 0 Å². The van der Waals surface area contributed by atoms with Crippen molar-refractivity contribution < 1.29 is 0 Å². The molecule has 2 aromatic carbocycles. The molecule has 0 heteroatoms. The van der Waals surface area contributed by atoms with Crippen LogP contribution in [0.5, 0.6) is 0 Å². The second-order valence-electron chi connectivity index (χ2n) is 6.29. The number of rotatable bonds is 1. The van der Waals surface area contributed by atoms with Gasteiger partial charge in [0.15, 0.2) is 0 Å². The molecule has 100 valence electrons. The zero-order chi connectivity index (χ0) is 13.7. The molecule has 0 heterocycles. The van der Waals surface area contributed by atoms with E-state index in [0.29, 0.717) is 0 Å². The Hall–Kier alpha value is -1.82. The Morgan fingerprint density at radius 2 is 1.80 bits per heavy atom. The van der Waals surface area contributed by atoms with Gasteiger partial charge in [-0.3, -0.25) is 0 Å². The van der Waals surface area contributed by atoms with Crippen LogP contribution in [-0.4, -0.2) is 0 Å². The molecule has 0 radical (unpaired) electrons. The Morgan fingerprint density at radius 3 is 2.65 bits per heavy atom. The maximum absolute atomic E-state index is 2.45. The fourth-order valence-electron chi connectivity index (χ4n) is 3.91. The minimum absolute atomic E-state index is 1.13. The van der Waals surface area contributed by atoms with Crippen LogP contribution in [0.25, 0.3) is 17.2 Å². The summed E-state index contributed by atoms with van der Waals surface area (Å²) in [7, 11) is 0. The maximum Gasteiger partial charge on any atom is -0.00543 e. The monoisotopic (exact) mass is 260 g/mol. The molecule has 4 rings (SSSR count). The van der Waals surface area contributed by atoms with Crippen LogP contribution in [0.4, 0.5) is 0 Å². The van der Waals surface area contributed by atoms with Crippen molar-refractivity contribution in [3.8, 4) is 11.1 Å². The van der Waals surface area contributed by atoms with Crippen molar-refractivity contribution >= 4 is 6.08 Å². The number of fused-ring (bicyclic) bond motifs is 2. The molecule has 0 saturated heterocycles. The van der Waals surface area contributed by atoms with Crippen molar-refractivity contribution in [2.24, 2.45) is 0 Å². The van der Waals surface area contributed by atoms with E-state index in [9.17, 15) is 0 Å². The Bertz CT molecular complexity index is 732. The van der Waals surface area contributed by atoms with E-state index in [1.165, 1.54) is 41.5 Å². The summed E-state index contributed by atoms with van der Waals surface area (Å²) in [6, 6.07) is 11.3. The molecule has 0 nitrogen and oxygen atoms in total. The molecule has 0 bridgehead atoms. The summed E-state index contributed by atoms with van der Waals surface area (Å²) in [5, 5.41) is 0. The standard InChI is InChI=1S/C20H20/c1-13-10-16-12-15-7-5-9-18(15)20(19(16)11-13)17-8-4-3-6-14(17)2/h3-4,6,8,10,12H,5,7,9,11H2,1-2H3. The lowest BCUT2D eigenvalue weighted by Crippen LogP contribution is -1.98. The lowest BCUT2D eigenvalue weighted by atomic mass is 9.87. The average Bonchev–Trinajstić information content (AvgIpc) is 3.02. The first-order valence-corrected chi connectivity index (χ1v) is 7.65. The quantitative estimate of drug-likeness (QED) is 0.668. The van der Waals surface area contributed by atoms with Gasteiger partial charge in [-0.1, -0.05) is 42.0 Å². The Labute approximate surface area is 121 Å². The molecule has 0 aliphatic heterocycles. The molecule has 0 atom stereocenters. The molecule has 0 spiro atoms. The fraction of sp³-hybridized carbons (Fsp3) is 0.300.